The van der Waals surface area contributed by atoms with E-state index in [2.05, 4.69) is 5.32 Å². The molecule has 1 aliphatic heterocycles. The largest absolute Gasteiger partial charge is 0.317 e. The second-order valence-electron chi connectivity index (χ2n) is 4.88. The average molecular weight is 245 g/mol. The van der Waals surface area contributed by atoms with Gasteiger partial charge < -0.3 is 5.32 Å². The molecule has 0 saturated carbocycles. The van der Waals surface area contributed by atoms with Gasteiger partial charge in [-0.25, -0.2) is 0 Å². The van der Waals surface area contributed by atoms with Crippen LogP contribution in [-0.4, -0.2) is 24.7 Å². The Balaban J connectivity index is 2.04. The predicted octanol–water partition coefficient (Wildman–Crippen LogP) is 2.07. The van der Waals surface area contributed by atoms with Gasteiger partial charge in [-0.15, -0.1) is 0 Å². The fourth-order valence-corrected chi connectivity index (χ4v) is 2.44. The summed E-state index contributed by atoms with van der Waals surface area (Å²) in [6, 6.07) is 9.07. The Labute approximate surface area is 108 Å². The fraction of sp³-hybridized carbons (Fsp3) is 0.467. The van der Waals surface area contributed by atoms with Gasteiger partial charge in [-0.05, 0) is 32.9 Å². The zero-order valence-electron chi connectivity index (χ0n) is 10.7. The van der Waals surface area contributed by atoms with Gasteiger partial charge in [0.1, 0.15) is 5.78 Å². The summed E-state index contributed by atoms with van der Waals surface area (Å²) in [7, 11) is 0. The lowest BCUT2D eigenvalue weighted by Crippen LogP contribution is -2.36. The maximum Gasteiger partial charge on any atom is 0.173 e. The summed E-state index contributed by atoms with van der Waals surface area (Å²) in [6.45, 7) is 3.49. The molecule has 1 N–H and O–H groups in total. The predicted molar refractivity (Wildman–Crippen MR) is 70.5 cm³/mol. The molecule has 1 aromatic rings. The number of carbonyl (C=O) groups is 2. The molecule has 1 saturated heterocycles. The molecule has 3 nitrogen and oxygen atoms in total. The first kappa shape index (κ1) is 13.0. The van der Waals surface area contributed by atoms with Crippen LogP contribution in [-0.2, 0) is 4.79 Å². The lowest BCUT2D eigenvalue weighted by molar-refractivity contribution is -0.125. The normalized spacial score (nSPS) is 18.3. The van der Waals surface area contributed by atoms with E-state index in [0.717, 1.165) is 25.9 Å². The van der Waals surface area contributed by atoms with Gasteiger partial charge >= 0.3 is 0 Å². The first-order valence-corrected chi connectivity index (χ1v) is 6.54. The maximum absolute atomic E-state index is 12.3. The summed E-state index contributed by atoms with van der Waals surface area (Å²) in [5, 5.41) is 3.23. The highest BCUT2D eigenvalue weighted by Gasteiger charge is 2.29. The molecule has 1 aromatic carbocycles. The van der Waals surface area contributed by atoms with Gasteiger partial charge in [0.05, 0.1) is 5.92 Å². The van der Waals surface area contributed by atoms with Gasteiger partial charge in [-0.3, -0.25) is 9.59 Å². The molecular formula is C15H19NO2. The molecular weight excluding hydrogens is 226 g/mol. The highest BCUT2D eigenvalue weighted by molar-refractivity contribution is 6.10. The quantitative estimate of drug-likeness (QED) is 0.652. The van der Waals surface area contributed by atoms with E-state index in [-0.39, 0.29) is 17.5 Å². The Kier molecular flexibility index (Phi) is 4.26. The zero-order chi connectivity index (χ0) is 13.0. The molecule has 0 aliphatic carbocycles. The molecule has 0 bridgehead atoms. The van der Waals surface area contributed by atoms with E-state index < -0.39 is 5.92 Å². The molecule has 0 spiro atoms. The third-order valence-electron chi connectivity index (χ3n) is 3.62. The SMILES string of the molecule is CC(C(=O)c1ccccc1)C(=O)C1CCNCC1. The summed E-state index contributed by atoms with van der Waals surface area (Å²) in [4.78, 5) is 24.5. The van der Waals surface area contributed by atoms with Crippen molar-refractivity contribution in [2.24, 2.45) is 11.8 Å². The third-order valence-corrected chi connectivity index (χ3v) is 3.62. The molecule has 1 fully saturated rings. The van der Waals surface area contributed by atoms with Crippen LogP contribution in [0.25, 0.3) is 0 Å². The van der Waals surface area contributed by atoms with Crippen molar-refractivity contribution in [1.82, 2.24) is 5.32 Å². The molecule has 0 amide bonds. The number of nitrogens with one attached hydrogen (secondary N) is 1. The lowest BCUT2D eigenvalue weighted by Gasteiger charge is -2.23. The van der Waals surface area contributed by atoms with Crippen molar-refractivity contribution in [3.05, 3.63) is 35.9 Å². The van der Waals surface area contributed by atoms with Gasteiger partial charge in [0.15, 0.2) is 5.78 Å². The summed E-state index contributed by atoms with van der Waals surface area (Å²) >= 11 is 0. The number of hydrogen-bond donors (Lipinski definition) is 1. The number of rotatable bonds is 4. The average Bonchev–Trinajstić information content (AvgIpc) is 2.47. The van der Waals surface area contributed by atoms with E-state index in [1.54, 1.807) is 19.1 Å². The first-order chi connectivity index (χ1) is 8.70. The molecule has 1 unspecified atom stereocenters. The number of Topliss-reactive ketones (excluding diaryl/α,β-unsaturated/α-hetero) is 2. The Hall–Kier alpha value is -1.48. The molecule has 1 aliphatic rings. The van der Waals surface area contributed by atoms with Gasteiger partial charge in [-0.2, -0.15) is 0 Å². The van der Waals surface area contributed by atoms with Crippen molar-refractivity contribution in [3.8, 4) is 0 Å². The number of ketones is 2. The molecule has 0 radical (unpaired) electrons. The van der Waals surface area contributed by atoms with E-state index in [9.17, 15) is 9.59 Å². The third kappa shape index (κ3) is 2.85. The number of piperidine rings is 1. The Bertz CT molecular complexity index is 421. The van der Waals surface area contributed by atoms with Crippen LogP contribution in [0.1, 0.15) is 30.1 Å². The minimum atomic E-state index is -0.518. The smallest absolute Gasteiger partial charge is 0.173 e. The number of hydrogen-bond acceptors (Lipinski definition) is 3. The molecule has 3 heteroatoms. The van der Waals surface area contributed by atoms with Crippen molar-refractivity contribution in [2.75, 3.05) is 13.1 Å². The van der Waals surface area contributed by atoms with Crippen LogP contribution in [0.4, 0.5) is 0 Å². The van der Waals surface area contributed by atoms with Gasteiger partial charge in [-0.1, -0.05) is 30.3 Å². The van der Waals surface area contributed by atoms with Crippen molar-refractivity contribution in [3.63, 3.8) is 0 Å². The van der Waals surface area contributed by atoms with E-state index in [0.29, 0.717) is 5.56 Å². The Morgan fingerprint density at radius 3 is 2.39 bits per heavy atom. The lowest BCUT2D eigenvalue weighted by atomic mass is 9.84. The van der Waals surface area contributed by atoms with E-state index >= 15 is 0 Å². The molecule has 18 heavy (non-hydrogen) atoms. The van der Waals surface area contributed by atoms with Crippen LogP contribution in [0.2, 0.25) is 0 Å². The molecule has 1 heterocycles. The van der Waals surface area contributed by atoms with Crippen LogP contribution in [0, 0.1) is 11.8 Å². The van der Waals surface area contributed by atoms with Crippen LogP contribution < -0.4 is 5.32 Å². The van der Waals surface area contributed by atoms with Crippen molar-refractivity contribution in [2.45, 2.75) is 19.8 Å². The fourth-order valence-electron chi connectivity index (χ4n) is 2.44. The molecule has 1 atom stereocenters. The van der Waals surface area contributed by atoms with Crippen LogP contribution in [0.3, 0.4) is 0 Å². The highest BCUT2D eigenvalue weighted by atomic mass is 16.2. The standard InChI is InChI=1S/C15H19NO2/c1-11(14(17)12-5-3-2-4-6-12)15(18)13-7-9-16-10-8-13/h2-6,11,13,16H,7-10H2,1H3. The Morgan fingerprint density at radius 2 is 1.78 bits per heavy atom. The van der Waals surface area contributed by atoms with Crippen LogP contribution in [0.5, 0.6) is 0 Å². The van der Waals surface area contributed by atoms with Crippen molar-refractivity contribution >= 4 is 11.6 Å². The number of carbonyl (C=O) groups excluding carboxylic acids is 2. The van der Waals surface area contributed by atoms with E-state index in [4.69, 9.17) is 0 Å². The van der Waals surface area contributed by atoms with Crippen molar-refractivity contribution < 1.29 is 9.59 Å². The van der Waals surface area contributed by atoms with Gasteiger partial charge in [0.2, 0.25) is 0 Å². The topological polar surface area (TPSA) is 46.2 Å². The zero-order valence-corrected chi connectivity index (χ0v) is 10.7. The highest BCUT2D eigenvalue weighted by Crippen LogP contribution is 2.20. The summed E-state index contributed by atoms with van der Waals surface area (Å²) < 4.78 is 0. The molecule has 0 aromatic heterocycles. The van der Waals surface area contributed by atoms with Gasteiger partial charge in [0.25, 0.3) is 0 Å². The van der Waals surface area contributed by atoms with Crippen LogP contribution >= 0.6 is 0 Å². The minimum Gasteiger partial charge on any atom is -0.317 e. The van der Waals surface area contributed by atoms with Crippen LogP contribution in [0.15, 0.2) is 30.3 Å². The first-order valence-electron chi connectivity index (χ1n) is 6.54. The van der Waals surface area contributed by atoms with Crippen molar-refractivity contribution in [1.29, 1.82) is 0 Å². The summed E-state index contributed by atoms with van der Waals surface area (Å²) in [5.41, 5.74) is 0.632. The Morgan fingerprint density at radius 1 is 1.17 bits per heavy atom. The van der Waals surface area contributed by atoms with E-state index in [1.807, 2.05) is 18.2 Å². The monoisotopic (exact) mass is 245 g/mol. The maximum atomic E-state index is 12.3. The molecule has 96 valence electrons. The second-order valence-corrected chi connectivity index (χ2v) is 4.88. The van der Waals surface area contributed by atoms with Gasteiger partial charge in [0, 0.05) is 11.5 Å². The number of benzene rings is 1. The summed E-state index contributed by atoms with van der Waals surface area (Å²) in [6.07, 6.45) is 1.70. The molecule has 2 rings (SSSR count). The minimum absolute atomic E-state index is 0.0499. The van der Waals surface area contributed by atoms with E-state index in [1.165, 1.54) is 0 Å². The second kappa shape index (κ2) is 5.91. The summed E-state index contributed by atoms with van der Waals surface area (Å²) in [5.74, 6) is -0.422.